The van der Waals surface area contributed by atoms with Crippen LogP contribution in [0.5, 0.6) is 11.5 Å². The smallest absolute Gasteiger partial charge is 0.344 e. The molecule has 1 unspecified atom stereocenters. The molecule has 0 saturated carbocycles. The van der Waals surface area contributed by atoms with Crippen LogP contribution in [0.3, 0.4) is 0 Å². The summed E-state index contributed by atoms with van der Waals surface area (Å²) in [5, 5.41) is 20.6. The van der Waals surface area contributed by atoms with E-state index >= 15 is 0 Å². The highest BCUT2D eigenvalue weighted by molar-refractivity contribution is 5.71. The highest BCUT2D eigenvalue weighted by atomic mass is 16.6. The Morgan fingerprint density at radius 1 is 1.43 bits per heavy atom. The molecule has 0 saturated heterocycles. The highest BCUT2D eigenvalue weighted by Crippen LogP contribution is 2.37. The molecule has 0 radical (unpaired) electrons. The minimum absolute atomic E-state index is 0.0293. The molecule has 116 valence electrons. The van der Waals surface area contributed by atoms with Crippen LogP contribution in [0.1, 0.15) is 25.5 Å². The molecule has 1 N–H and O–H groups in total. The zero-order chi connectivity index (χ0) is 16.0. The van der Waals surface area contributed by atoms with Crippen LogP contribution in [0.25, 0.3) is 0 Å². The van der Waals surface area contributed by atoms with Gasteiger partial charge in [-0.05, 0) is 19.9 Å². The molecule has 1 aromatic carbocycles. The normalized spacial score (nSPS) is 11.6. The Kier molecular flexibility index (Phi) is 5.92. The van der Waals surface area contributed by atoms with Gasteiger partial charge in [0.15, 0.2) is 18.1 Å². The Morgan fingerprint density at radius 2 is 2.10 bits per heavy atom. The molecule has 0 aliphatic carbocycles. The average molecular weight is 299 g/mol. The highest BCUT2D eigenvalue weighted by Gasteiger charge is 2.23. The molecule has 0 spiro atoms. The third kappa shape index (κ3) is 4.32. The Balaban J connectivity index is 3.10. The van der Waals surface area contributed by atoms with E-state index in [2.05, 4.69) is 0 Å². The second-order valence-corrected chi connectivity index (χ2v) is 4.09. The molecule has 0 heterocycles. The van der Waals surface area contributed by atoms with E-state index < -0.39 is 23.6 Å². The van der Waals surface area contributed by atoms with E-state index in [1.807, 2.05) is 0 Å². The quantitative estimate of drug-likeness (QED) is 0.462. The summed E-state index contributed by atoms with van der Waals surface area (Å²) >= 11 is 0. The minimum Gasteiger partial charge on any atom is -0.493 e. The van der Waals surface area contributed by atoms with Gasteiger partial charge in [-0.2, -0.15) is 0 Å². The first kappa shape index (κ1) is 16.7. The van der Waals surface area contributed by atoms with Gasteiger partial charge in [-0.25, -0.2) is 4.79 Å². The van der Waals surface area contributed by atoms with Gasteiger partial charge in [0.2, 0.25) is 0 Å². The summed E-state index contributed by atoms with van der Waals surface area (Å²) in [7, 11) is 1.35. The van der Waals surface area contributed by atoms with E-state index in [0.29, 0.717) is 0 Å². The maximum atomic E-state index is 11.2. The first-order valence-electron chi connectivity index (χ1n) is 6.23. The lowest BCUT2D eigenvalue weighted by molar-refractivity contribution is -0.386. The first-order valence-corrected chi connectivity index (χ1v) is 6.23. The number of benzene rings is 1. The number of nitro benzene ring substituents is 1. The van der Waals surface area contributed by atoms with Crippen molar-refractivity contribution < 1.29 is 29.0 Å². The van der Waals surface area contributed by atoms with Crippen molar-refractivity contribution in [3.8, 4) is 11.5 Å². The van der Waals surface area contributed by atoms with Gasteiger partial charge in [-0.1, -0.05) is 0 Å². The zero-order valence-corrected chi connectivity index (χ0v) is 12.0. The van der Waals surface area contributed by atoms with Crippen LogP contribution in [0, 0.1) is 10.1 Å². The van der Waals surface area contributed by atoms with Crippen molar-refractivity contribution in [2.75, 3.05) is 20.3 Å². The summed E-state index contributed by atoms with van der Waals surface area (Å²) in [4.78, 5) is 21.6. The van der Waals surface area contributed by atoms with E-state index in [1.165, 1.54) is 20.1 Å². The summed E-state index contributed by atoms with van der Waals surface area (Å²) < 4.78 is 14.9. The van der Waals surface area contributed by atoms with E-state index in [0.717, 1.165) is 6.07 Å². The molecule has 1 atom stereocenters. The zero-order valence-electron chi connectivity index (χ0n) is 12.0. The molecule has 8 heteroatoms. The minimum atomic E-state index is -1.04. The van der Waals surface area contributed by atoms with Gasteiger partial charge in [0, 0.05) is 0 Å². The molecular formula is C13H17NO7. The number of aliphatic hydroxyl groups is 1. The molecule has 0 aliphatic rings. The summed E-state index contributed by atoms with van der Waals surface area (Å²) in [5.74, 6) is -0.385. The Bertz CT molecular complexity index is 527. The monoisotopic (exact) mass is 299 g/mol. The van der Waals surface area contributed by atoms with Crippen molar-refractivity contribution in [1.29, 1.82) is 0 Å². The summed E-state index contributed by atoms with van der Waals surface area (Å²) in [6.45, 7) is 2.87. The van der Waals surface area contributed by atoms with Crippen LogP contribution >= 0.6 is 0 Å². The number of carbonyl (C=O) groups excluding carboxylic acids is 1. The van der Waals surface area contributed by atoms with Crippen molar-refractivity contribution in [2.45, 2.75) is 20.0 Å². The second kappa shape index (κ2) is 7.44. The molecule has 8 nitrogen and oxygen atoms in total. The van der Waals surface area contributed by atoms with E-state index in [1.54, 1.807) is 6.92 Å². The Labute approximate surface area is 121 Å². The number of esters is 1. The van der Waals surface area contributed by atoms with Crippen LogP contribution < -0.4 is 9.47 Å². The summed E-state index contributed by atoms with van der Waals surface area (Å²) in [6, 6.07) is 2.42. The number of nitrogens with zero attached hydrogens (tertiary/aromatic N) is 1. The lowest BCUT2D eigenvalue weighted by Gasteiger charge is -2.13. The predicted octanol–water partition coefficient (Wildman–Crippen LogP) is 1.60. The van der Waals surface area contributed by atoms with Crippen LogP contribution in [0.15, 0.2) is 12.1 Å². The van der Waals surface area contributed by atoms with Gasteiger partial charge in [0.05, 0.1) is 36.4 Å². The number of carbonyl (C=O) groups is 1. The molecule has 1 aromatic rings. The lowest BCUT2D eigenvalue weighted by atomic mass is 10.1. The second-order valence-electron chi connectivity index (χ2n) is 4.09. The molecule has 0 fully saturated rings. The van der Waals surface area contributed by atoms with Crippen molar-refractivity contribution in [1.82, 2.24) is 0 Å². The maximum Gasteiger partial charge on any atom is 0.344 e. The average Bonchev–Trinajstić information content (AvgIpc) is 2.44. The standard InChI is InChI=1S/C13H17NO7/c1-4-20-13(16)7-21-12-6-10(14(17)18)9(8(2)15)5-11(12)19-3/h5-6,8,15H,4,7H2,1-3H3. The number of methoxy groups -OCH3 is 1. The molecule has 1 rings (SSSR count). The van der Waals surface area contributed by atoms with Crippen molar-refractivity contribution in [2.24, 2.45) is 0 Å². The van der Waals surface area contributed by atoms with Crippen molar-refractivity contribution in [3.63, 3.8) is 0 Å². The molecule has 21 heavy (non-hydrogen) atoms. The fraction of sp³-hybridized carbons (Fsp3) is 0.462. The predicted molar refractivity (Wildman–Crippen MR) is 72.4 cm³/mol. The summed E-state index contributed by atoms with van der Waals surface area (Å²) in [5.41, 5.74) is -0.218. The SMILES string of the molecule is CCOC(=O)COc1cc([N+](=O)[O-])c(C(C)O)cc1OC. The fourth-order valence-electron chi connectivity index (χ4n) is 1.67. The third-order valence-corrected chi connectivity index (χ3v) is 2.61. The fourth-order valence-corrected chi connectivity index (χ4v) is 1.67. The number of aliphatic hydroxyl groups excluding tert-OH is 1. The molecule has 0 aliphatic heterocycles. The van der Waals surface area contributed by atoms with Gasteiger partial charge < -0.3 is 19.3 Å². The molecule has 0 amide bonds. The van der Waals surface area contributed by atoms with Gasteiger partial charge in [-0.3, -0.25) is 10.1 Å². The van der Waals surface area contributed by atoms with E-state index in [4.69, 9.17) is 14.2 Å². The third-order valence-electron chi connectivity index (χ3n) is 2.61. The number of rotatable bonds is 7. The van der Waals surface area contributed by atoms with Gasteiger partial charge in [0.25, 0.3) is 5.69 Å². The van der Waals surface area contributed by atoms with E-state index in [-0.39, 0.29) is 29.4 Å². The van der Waals surface area contributed by atoms with E-state index in [9.17, 15) is 20.0 Å². The van der Waals surface area contributed by atoms with Gasteiger partial charge in [0.1, 0.15) is 0 Å². The lowest BCUT2D eigenvalue weighted by Crippen LogP contribution is -2.15. The number of ether oxygens (including phenoxy) is 3. The molecular weight excluding hydrogens is 282 g/mol. The maximum absolute atomic E-state index is 11.2. The number of nitro groups is 1. The first-order chi connectivity index (χ1) is 9.90. The van der Waals surface area contributed by atoms with Gasteiger partial charge in [-0.15, -0.1) is 0 Å². The Hall–Kier alpha value is -2.35. The van der Waals surface area contributed by atoms with Crippen molar-refractivity contribution >= 4 is 11.7 Å². The number of hydrogen-bond acceptors (Lipinski definition) is 7. The Morgan fingerprint density at radius 3 is 2.57 bits per heavy atom. The van der Waals surface area contributed by atoms with Crippen LogP contribution in [0.2, 0.25) is 0 Å². The summed E-state index contributed by atoms with van der Waals surface area (Å²) in [6.07, 6.45) is -1.04. The largest absolute Gasteiger partial charge is 0.493 e. The number of hydrogen-bond donors (Lipinski definition) is 1. The van der Waals surface area contributed by atoms with Crippen LogP contribution in [0.4, 0.5) is 5.69 Å². The molecule has 0 aromatic heterocycles. The van der Waals surface area contributed by atoms with Crippen LogP contribution in [-0.4, -0.2) is 36.3 Å². The van der Waals surface area contributed by atoms with Gasteiger partial charge >= 0.3 is 5.97 Å². The van der Waals surface area contributed by atoms with Crippen molar-refractivity contribution in [3.05, 3.63) is 27.8 Å². The molecule has 0 bridgehead atoms. The van der Waals surface area contributed by atoms with Crippen LogP contribution in [-0.2, 0) is 9.53 Å². The topological polar surface area (TPSA) is 108 Å².